The molecule has 1 heterocycles. The van der Waals surface area contributed by atoms with Crippen LogP contribution < -0.4 is 10.6 Å². The number of aryl methyl sites for hydroxylation is 1. The number of ether oxygens (including phenoxy) is 1. The third-order valence-electron chi connectivity index (χ3n) is 4.56. The fraction of sp³-hybridized carbons (Fsp3) is 0.0870. The minimum Gasteiger partial charge on any atom is -0.465 e. The molecule has 0 fully saturated rings. The van der Waals surface area contributed by atoms with Gasteiger partial charge in [-0.3, -0.25) is 0 Å². The van der Waals surface area contributed by atoms with E-state index >= 15 is 0 Å². The number of nitrogens with zero attached hydrogens (tertiary/aromatic N) is 1. The molecule has 0 atom stereocenters. The third-order valence-corrected chi connectivity index (χ3v) is 5.64. The van der Waals surface area contributed by atoms with Gasteiger partial charge in [-0.1, -0.05) is 18.2 Å². The summed E-state index contributed by atoms with van der Waals surface area (Å²) in [6.45, 7) is 1.93. The van der Waals surface area contributed by atoms with Crippen molar-refractivity contribution in [3.8, 4) is 10.6 Å². The van der Waals surface area contributed by atoms with Crippen molar-refractivity contribution in [2.45, 2.75) is 6.92 Å². The molecule has 2 N–H and O–H groups in total. The number of carbonyl (C=O) groups excluding carboxylic acids is 2. The van der Waals surface area contributed by atoms with E-state index in [1.165, 1.54) is 7.11 Å². The zero-order valence-electron chi connectivity index (χ0n) is 16.4. The minimum absolute atomic E-state index is 0.367. The number of aromatic nitrogens is 1. The predicted octanol–water partition coefficient (Wildman–Crippen LogP) is 5.70. The number of amides is 2. The van der Waals surface area contributed by atoms with E-state index in [0.29, 0.717) is 16.9 Å². The third kappa shape index (κ3) is 4.16. The van der Waals surface area contributed by atoms with Gasteiger partial charge in [-0.15, -0.1) is 11.3 Å². The number of carbonyl (C=O) groups is 2. The lowest BCUT2D eigenvalue weighted by Crippen LogP contribution is -2.20. The van der Waals surface area contributed by atoms with Crippen LogP contribution in [0.15, 0.2) is 66.7 Å². The first kappa shape index (κ1) is 19.6. The second-order valence-corrected chi connectivity index (χ2v) is 7.70. The highest BCUT2D eigenvalue weighted by molar-refractivity contribution is 7.21. The first-order valence-corrected chi connectivity index (χ1v) is 10.1. The molecule has 30 heavy (non-hydrogen) atoms. The molecule has 0 unspecified atom stereocenters. The van der Waals surface area contributed by atoms with Crippen molar-refractivity contribution < 1.29 is 14.3 Å². The van der Waals surface area contributed by atoms with Crippen molar-refractivity contribution in [3.63, 3.8) is 0 Å². The Bertz CT molecular complexity index is 1220. The monoisotopic (exact) mass is 417 g/mol. The number of anilines is 2. The number of benzene rings is 3. The topological polar surface area (TPSA) is 80.3 Å². The number of urea groups is 1. The standard InChI is InChI=1S/C23H19N3O3S/c1-14-12-15(21-25-19-8-3-4-9-20(19)30-21)10-11-18(14)26-23(28)24-17-7-5-6-16(13-17)22(27)29-2/h3-13H,1-2H3,(H2,24,26,28). The summed E-state index contributed by atoms with van der Waals surface area (Å²) in [7, 11) is 1.32. The van der Waals surface area contributed by atoms with E-state index in [-0.39, 0.29) is 0 Å². The molecule has 1 aromatic heterocycles. The Kier molecular flexibility index (Phi) is 5.45. The van der Waals surface area contributed by atoms with Crippen LogP contribution in [0.5, 0.6) is 0 Å². The first-order chi connectivity index (χ1) is 14.5. The maximum atomic E-state index is 12.4. The van der Waals surface area contributed by atoms with E-state index in [2.05, 4.69) is 21.7 Å². The van der Waals surface area contributed by atoms with Gasteiger partial charge >= 0.3 is 12.0 Å². The lowest BCUT2D eigenvalue weighted by Gasteiger charge is -2.11. The second kappa shape index (κ2) is 8.34. The van der Waals surface area contributed by atoms with Crippen molar-refractivity contribution in [1.29, 1.82) is 0 Å². The van der Waals surface area contributed by atoms with Gasteiger partial charge < -0.3 is 15.4 Å². The highest BCUT2D eigenvalue weighted by Gasteiger charge is 2.11. The Morgan fingerprint density at radius 1 is 0.967 bits per heavy atom. The average Bonchev–Trinajstić information content (AvgIpc) is 3.19. The number of esters is 1. The van der Waals surface area contributed by atoms with E-state index in [1.807, 2.05) is 43.3 Å². The molecule has 3 aromatic carbocycles. The van der Waals surface area contributed by atoms with Gasteiger partial charge in [0.1, 0.15) is 5.01 Å². The highest BCUT2D eigenvalue weighted by atomic mass is 32.1. The number of methoxy groups -OCH3 is 1. The number of fused-ring (bicyclic) bond motifs is 1. The lowest BCUT2D eigenvalue weighted by atomic mass is 10.1. The number of para-hydroxylation sites is 1. The van der Waals surface area contributed by atoms with E-state index in [9.17, 15) is 9.59 Å². The number of nitrogens with one attached hydrogen (secondary N) is 2. The molecule has 0 radical (unpaired) electrons. The zero-order chi connectivity index (χ0) is 21.1. The predicted molar refractivity (Wildman–Crippen MR) is 120 cm³/mol. The highest BCUT2D eigenvalue weighted by Crippen LogP contribution is 2.32. The van der Waals surface area contributed by atoms with Crippen LogP contribution in [0, 0.1) is 6.92 Å². The fourth-order valence-electron chi connectivity index (χ4n) is 3.06. The number of hydrogen-bond acceptors (Lipinski definition) is 5. The molecule has 7 heteroatoms. The van der Waals surface area contributed by atoms with E-state index in [4.69, 9.17) is 4.74 Å². The number of thiazole rings is 1. The first-order valence-electron chi connectivity index (χ1n) is 9.26. The maximum absolute atomic E-state index is 12.4. The Hall–Kier alpha value is -3.71. The molecular formula is C23H19N3O3S. The molecule has 2 amide bonds. The molecule has 6 nitrogen and oxygen atoms in total. The Morgan fingerprint density at radius 2 is 1.80 bits per heavy atom. The number of hydrogen-bond donors (Lipinski definition) is 2. The van der Waals surface area contributed by atoms with Crippen LogP contribution in [-0.2, 0) is 4.74 Å². The fourth-order valence-corrected chi connectivity index (χ4v) is 4.02. The van der Waals surface area contributed by atoms with Crippen LogP contribution in [0.2, 0.25) is 0 Å². The smallest absolute Gasteiger partial charge is 0.337 e. The van der Waals surface area contributed by atoms with Gasteiger partial charge in [0.2, 0.25) is 0 Å². The van der Waals surface area contributed by atoms with Crippen molar-refractivity contribution in [1.82, 2.24) is 4.98 Å². The molecule has 4 rings (SSSR count). The van der Waals surface area contributed by atoms with Crippen LogP contribution in [0.3, 0.4) is 0 Å². The van der Waals surface area contributed by atoms with Crippen molar-refractivity contribution >= 4 is 44.9 Å². The molecule has 0 aliphatic rings. The largest absolute Gasteiger partial charge is 0.465 e. The molecule has 0 bridgehead atoms. The van der Waals surface area contributed by atoms with Gasteiger partial charge in [0.15, 0.2) is 0 Å². The maximum Gasteiger partial charge on any atom is 0.337 e. The van der Waals surface area contributed by atoms with Crippen molar-refractivity contribution in [3.05, 3.63) is 77.9 Å². The summed E-state index contributed by atoms with van der Waals surface area (Å²) < 4.78 is 5.84. The molecule has 0 aliphatic carbocycles. The summed E-state index contributed by atoms with van der Waals surface area (Å²) in [5.74, 6) is -0.458. The van der Waals surface area contributed by atoms with E-state index in [0.717, 1.165) is 26.4 Å². The van der Waals surface area contributed by atoms with Gasteiger partial charge in [-0.25, -0.2) is 14.6 Å². The van der Waals surface area contributed by atoms with Crippen molar-refractivity contribution in [2.75, 3.05) is 17.7 Å². The zero-order valence-corrected chi connectivity index (χ0v) is 17.2. The molecule has 4 aromatic rings. The Balaban J connectivity index is 1.48. The Morgan fingerprint density at radius 3 is 2.57 bits per heavy atom. The van der Waals surface area contributed by atoms with E-state index < -0.39 is 12.0 Å². The van der Waals surface area contributed by atoms with Gasteiger partial charge in [0.05, 0.1) is 22.9 Å². The summed E-state index contributed by atoms with van der Waals surface area (Å²) in [6, 6.07) is 20.0. The summed E-state index contributed by atoms with van der Waals surface area (Å²) in [5, 5.41) is 6.52. The van der Waals surface area contributed by atoms with Crippen LogP contribution in [0.25, 0.3) is 20.8 Å². The second-order valence-electron chi connectivity index (χ2n) is 6.67. The minimum atomic E-state index is -0.458. The van der Waals surface area contributed by atoms with Gasteiger partial charge in [0, 0.05) is 16.9 Å². The average molecular weight is 417 g/mol. The molecular weight excluding hydrogens is 398 g/mol. The molecule has 0 spiro atoms. The SMILES string of the molecule is COC(=O)c1cccc(NC(=O)Nc2ccc(-c3nc4ccccc4s3)cc2C)c1. The summed E-state index contributed by atoms with van der Waals surface area (Å²) in [5.41, 5.74) is 4.47. The molecule has 0 saturated carbocycles. The lowest BCUT2D eigenvalue weighted by molar-refractivity contribution is 0.0600. The van der Waals surface area contributed by atoms with Gasteiger partial charge in [-0.05, 0) is 61.0 Å². The quantitative estimate of drug-likeness (QED) is 0.417. The number of rotatable bonds is 4. The molecule has 0 saturated heterocycles. The molecule has 150 valence electrons. The van der Waals surface area contributed by atoms with Crippen LogP contribution in [-0.4, -0.2) is 24.1 Å². The summed E-state index contributed by atoms with van der Waals surface area (Å²) >= 11 is 1.64. The summed E-state index contributed by atoms with van der Waals surface area (Å²) in [6.07, 6.45) is 0. The van der Waals surface area contributed by atoms with Crippen LogP contribution in [0.1, 0.15) is 15.9 Å². The Labute approximate surface area is 177 Å². The normalized spacial score (nSPS) is 10.6. The molecule has 0 aliphatic heterocycles. The van der Waals surface area contributed by atoms with Gasteiger partial charge in [0.25, 0.3) is 0 Å². The van der Waals surface area contributed by atoms with Gasteiger partial charge in [-0.2, -0.15) is 0 Å². The summed E-state index contributed by atoms with van der Waals surface area (Å²) in [4.78, 5) is 28.7. The van der Waals surface area contributed by atoms with Crippen molar-refractivity contribution in [2.24, 2.45) is 0 Å². The van der Waals surface area contributed by atoms with E-state index in [1.54, 1.807) is 35.6 Å². The van der Waals surface area contributed by atoms with Crippen LogP contribution in [0.4, 0.5) is 16.2 Å². The van der Waals surface area contributed by atoms with Crippen LogP contribution >= 0.6 is 11.3 Å².